The van der Waals surface area contributed by atoms with E-state index < -0.39 is 0 Å². The van der Waals surface area contributed by atoms with Crippen molar-refractivity contribution in [3.05, 3.63) is 48.3 Å². The summed E-state index contributed by atoms with van der Waals surface area (Å²) in [5.41, 5.74) is 2.56. The molecule has 1 aromatic heterocycles. The number of nitrogens with zero attached hydrogens (tertiary/aromatic N) is 1. The number of rotatable bonds is 5. The molecule has 0 unspecified atom stereocenters. The maximum atomic E-state index is 4.04. The van der Waals surface area contributed by atoms with Gasteiger partial charge in [-0.05, 0) is 36.1 Å². The van der Waals surface area contributed by atoms with Crippen molar-refractivity contribution in [2.45, 2.75) is 33.1 Å². The zero-order valence-corrected chi connectivity index (χ0v) is 9.61. The number of hydrogen-bond donors (Lipinski definition) is 0. The topological polar surface area (TPSA) is 12.9 Å². The van der Waals surface area contributed by atoms with Crippen molar-refractivity contribution in [1.29, 1.82) is 0 Å². The van der Waals surface area contributed by atoms with Crippen molar-refractivity contribution in [1.82, 2.24) is 4.98 Å². The molecule has 1 heteroatoms. The molecule has 0 fully saturated rings. The average Bonchev–Trinajstić information content (AvgIpc) is 2.30. The summed E-state index contributed by atoms with van der Waals surface area (Å²) >= 11 is 0. The second-order valence-corrected chi connectivity index (χ2v) is 3.49. The van der Waals surface area contributed by atoms with Gasteiger partial charge in [0.1, 0.15) is 0 Å². The molecular weight excluding hydrogens is 182 g/mol. The van der Waals surface area contributed by atoms with E-state index in [4.69, 9.17) is 0 Å². The maximum Gasteiger partial charge on any atom is 0.0273 e. The molecule has 0 saturated carbocycles. The molecule has 1 heterocycles. The standard InChI is InChI=1S/C14H19N/c1-3-5-7-13(8-6-4-2)14-9-11-15-12-10-14/h5,7-12H,3-4,6H2,1-2H3/b7-5-,13-8-. The van der Waals surface area contributed by atoms with Gasteiger partial charge in [0.05, 0.1) is 0 Å². The van der Waals surface area contributed by atoms with Crippen LogP contribution in [0.3, 0.4) is 0 Å². The lowest BCUT2D eigenvalue weighted by molar-refractivity contribution is 0.960. The predicted octanol–water partition coefficient (Wildman–Crippen LogP) is 4.23. The summed E-state index contributed by atoms with van der Waals surface area (Å²) in [6.45, 7) is 4.35. The Bertz CT molecular complexity index is 322. The van der Waals surface area contributed by atoms with Crippen LogP contribution in [0.1, 0.15) is 38.7 Å². The van der Waals surface area contributed by atoms with E-state index in [2.05, 4.69) is 49.2 Å². The molecule has 0 radical (unpaired) electrons. The monoisotopic (exact) mass is 201 g/mol. The van der Waals surface area contributed by atoms with Gasteiger partial charge in [0.2, 0.25) is 0 Å². The minimum absolute atomic E-state index is 1.08. The van der Waals surface area contributed by atoms with E-state index >= 15 is 0 Å². The molecule has 0 N–H and O–H groups in total. The fourth-order valence-corrected chi connectivity index (χ4v) is 1.37. The highest BCUT2D eigenvalue weighted by Gasteiger charge is 1.95. The van der Waals surface area contributed by atoms with Crippen LogP contribution >= 0.6 is 0 Å². The van der Waals surface area contributed by atoms with Crippen LogP contribution in [-0.4, -0.2) is 4.98 Å². The van der Waals surface area contributed by atoms with Gasteiger partial charge in [0, 0.05) is 12.4 Å². The van der Waals surface area contributed by atoms with Crippen molar-refractivity contribution >= 4 is 5.57 Å². The lowest BCUT2D eigenvalue weighted by Gasteiger charge is -2.01. The quantitative estimate of drug-likeness (QED) is 0.649. The Morgan fingerprint density at radius 2 is 2.00 bits per heavy atom. The number of unbranched alkanes of at least 4 members (excludes halogenated alkanes) is 1. The van der Waals surface area contributed by atoms with Gasteiger partial charge < -0.3 is 0 Å². The highest BCUT2D eigenvalue weighted by Crippen LogP contribution is 2.16. The van der Waals surface area contributed by atoms with Crippen LogP contribution in [0.4, 0.5) is 0 Å². The molecule has 0 aliphatic rings. The first kappa shape index (κ1) is 11.7. The van der Waals surface area contributed by atoms with Gasteiger partial charge >= 0.3 is 0 Å². The van der Waals surface area contributed by atoms with E-state index in [9.17, 15) is 0 Å². The largest absolute Gasteiger partial charge is 0.265 e. The molecule has 0 saturated heterocycles. The molecule has 0 atom stereocenters. The van der Waals surface area contributed by atoms with Crippen LogP contribution in [0.15, 0.2) is 42.8 Å². The molecule has 0 aromatic carbocycles. The Hall–Kier alpha value is -1.37. The zero-order valence-electron chi connectivity index (χ0n) is 9.61. The predicted molar refractivity (Wildman–Crippen MR) is 66.6 cm³/mol. The van der Waals surface area contributed by atoms with Gasteiger partial charge in [0.15, 0.2) is 0 Å². The van der Waals surface area contributed by atoms with Crippen molar-refractivity contribution in [2.75, 3.05) is 0 Å². The first-order valence-electron chi connectivity index (χ1n) is 5.65. The smallest absolute Gasteiger partial charge is 0.0273 e. The van der Waals surface area contributed by atoms with E-state index in [-0.39, 0.29) is 0 Å². The van der Waals surface area contributed by atoms with E-state index in [1.807, 2.05) is 12.4 Å². The first-order valence-corrected chi connectivity index (χ1v) is 5.65. The molecule has 15 heavy (non-hydrogen) atoms. The second kappa shape index (κ2) is 6.99. The third-order valence-electron chi connectivity index (χ3n) is 2.20. The Kier molecular flexibility index (Phi) is 5.46. The Morgan fingerprint density at radius 3 is 2.60 bits per heavy atom. The molecule has 1 rings (SSSR count). The lowest BCUT2D eigenvalue weighted by atomic mass is 10.0. The normalized spacial score (nSPS) is 12.3. The molecule has 1 aromatic rings. The molecule has 1 nitrogen and oxygen atoms in total. The highest BCUT2D eigenvalue weighted by molar-refractivity contribution is 5.73. The van der Waals surface area contributed by atoms with Gasteiger partial charge in [0.25, 0.3) is 0 Å². The van der Waals surface area contributed by atoms with E-state index in [0.717, 1.165) is 12.8 Å². The zero-order chi connectivity index (χ0) is 10.9. The van der Waals surface area contributed by atoms with Gasteiger partial charge in [-0.25, -0.2) is 0 Å². The van der Waals surface area contributed by atoms with E-state index in [1.54, 1.807) is 0 Å². The maximum absolute atomic E-state index is 4.04. The summed E-state index contributed by atoms with van der Waals surface area (Å²) in [5.74, 6) is 0. The van der Waals surface area contributed by atoms with Crippen LogP contribution in [0.5, 0.6) is 0 Å². The number of pyridine rings is 1. The van der Waals surface area contributed by atoms with E-state index in [0.29, 0.717) is 0 Å². The Labute approximate surface area is 92.6 Å². The molecule has 80 valence electrons. The fourth-order valence-electron chi connectivity index (χ4n) is 1.37. The second-order valence-electron chi connectivity index (χ2n) is 3.49. The van der Waals surface area contributed by atoms with Crippen LogP contribution < -0.4 is 0 Å². The van der Waals surface area contributed by atoms with Crippen molar-refractivity contribution in [3.8, 4) is 0 Å². The molecule has 0 amide bonds. The summed E-state index contributed by atoms with van der Waals surface area (Å²) in [4.78, 5) is 4.04. The molecule has 0 spiro atoms. The van der Waals surface area contributed by atoms with Crippen LogP contribution in [-0.2, 0) is 0 Å². The minimum Gasteiger partial charge on any atom is -0.265 e. The summed E-state index contributed by atoms with van der Waals surface area (Å²) < 4.78 is 0. The van der Waals surface area contributed by atoms with Crippen molar-refractivity contribution in [2.24, 2.45) is 0 Å². The third-order valence-corrected chi connectivity index (χ3v) is 2.20. The highest BCUT2D eigenvalue weighted by atomic mass is 14.6. The summed E-state index contributed by atoms with van der Waals surface area (Å²) in [6, 6.07) is 4.11. The van der Waals surface area contributed by atoms with Gasteiger partial charge in [-0.2, -0.15) is 0 Å². The average molecular weight is 201 g/mol. The molecule has 0 aliphatic heterocycles. The lowest BCUT2D eigenvalue weighted by Crippen LogP contribution is -1.82. The van der Waals surface area contributed by atoms with Gasteiger partial charge in [-0.3, -0.25) is 4.98 Å². The van der Waals surface area contributed by atoms with Crippen LogP contribution in [0.2, 0.25) is 0 Å². The van der Waals surface area contributed by atoms with Crippen molar-refractivity contribution < 1.29 is 0 Å². The van der Waals surface area contributed by atoms with Crippen LogP contribution in [0.25, 0.3) is 5.57 Å². The summed E-state index contributed by atoms with van der Waals surface area (Å²) in [7, 11) is 0. The fraction of sp³-hybridized carbons (Fsp3) is 0.357. The van der Waals surface area contributed by atoms with Gasteiger partial charge in [-0.1, -0.05) is 38.5 Å². The van der Waals surface area contributed by atoms with Gasteiger partial charge in [-0.15, -0.1) is 0 Å². The summed E-state index contributed by atoms with van der Waals surface area (Å²) in [5, 5.41) is 0. The Balaban J connectivity index is 2.86. The molecular formula is C14H19N. The third kappa shape index (κ3) is 4.11. The number of aromatic nitrogens is 1. The van der Waals surface area contributed by atoms with Crippen molar-refractivity contribution in [3.63, 3.8) is 0 Å². The van der Waals surface area contributed by atoms with E-state index in [1.165, 1.54) is 17.6 Å². The molecule has 0 aliphatic carbocycles. The van der Waals surface area contributed by atoms with Crippen LogP contribution in [0, 0.1) is 0 Å². The molecule has 0 bridgehead atoms. The minimum atomic E-state index is 1.08. The number of allylic oxidation sites excluding steroid dienone is 4. The first-order chi connectivity index (χ1) is 7.38. The summed E-state index contributed by atoms with van der Waals surface area (Å²) in [6.07, 6.45) is 13.8. The SMILES string of the molecule is CC/C=C\C(=C\CCC)c1ccncc1. The Morgan fingerprint density at radius 1 is 1.27 bits per heavy atom. The number of hydrogen-bond acceptors (Lipinski definition) is 1.